The molecule has 2 rings (SSSR count). The van der Waals surface area contributed by atoms with Crippen molar-refractivity contribution in [2.24, 2.45) is 5.73 Å². The zero-order chi connectivity index (χ0) is 15.3. The molecule has 0 saturated heterocycles. The van der Waals surface area contributed by atoms with E-state index in [1.54, 1.807) is 60.7 Å². The summed E-state index contributed by atoms with van der Waals surface area (Å²) in [7, 11) is 0. The molecule has 0 fully saturated rings. The maximum absolute atomic E-state index is 12.3. The molecule has 2 aromatic carbocycles. The smallest absolute Gasteiger partial charge is 0.348 e. The molecule has 1 amide bonds. The zero-order valence-corrected chi connectivity index (χ0v) is 11.2. The molecule has 3 N–H and O–H groups in total. The molecule has 21 heavy (non-hydrogen) atoms. The lowest BCUT2D eigenvalue weighted by molar-refractivity contribution is -0.164. The van der Waals surface area contributed by atoms with Crippen molar-refractivity contribution in [3.63, 3.8) is 0 Å². The Kier molecular flexibility index (Phi) is 4.35. The molecule has 0 bridgehead atoms. The van der Waals surface area contributed by atoms with Crippen molar-refractivity contribution in [1.82, 2.24) is 0 Å². The fourth-order valence-electron chi connectivity index (χ4n) is 2.00. The number of benzene rings is 2. The summed E-state index contributed by atoms with van der Waals surface area (Å²) in [6.45, 7) is -0.583. The Morgan fingerprint density at radius 2 is 1.38 bits per heavy atom. The third kappa shape index (κ3) is 3.09. The van der Waals surface area contributed by atoms with Gasteiger partial charge in [-0.05, 0) is 11.1 Å². The average molecular weight is 285 g/mol. The Bertz CT molecular complexity index is 586. The predicted octanol–water partition coefficient (Wildman–Crippen LogP) is 0.951. The normalized spacial score (nSPS) is 10.9. The highest BCUT2D eigenvalue weighted by molar-refractivity contribution is 5.87. The summed E-state index contributed by atoms with van der Waals surface area (Å²) in [4.78, 5) is 23.1. The van der Waals surface area contributed by atoms with E-state index in [4.69, 9.17) is 10.5 Å². The van der Waals surface area contributed by atoms with E-state index >= 15 is 0 Å². The van der Waals surface area contributed by atoms with Gasteiger partial charge in [-0.25, -0.2) is 4.79 Å². The molecule has 0 atom stereocenters. The minimum atomic E-state index is -1.99. The number of esters is 1. The summed E-state index contributed by atoms with van der Waals surface area (Å²) in [5.41, 5.74) is 3.68. The first-order valence-electron chi connectivity index (χ1n) is 6.34. The Labute approximate surface area is 122 Å². The van der Waals surface area contributed by atoms with Gasteiger partial charge in [0.15, 0.2) is 6.61 Å². The first-order valence-corrected chi connectivity index (χ1v) is 6.34. The lowest BCUT2D eigenvalue weighted by Crippen LogP contribution is -2.40. The molecule has 0 aliphatic carbocycles. The van der Waals surface area contributed by atoms with Crippen LogP contribution in [0, 0.1) is 0 Å². The second-order valence-electron chi connectivity index (χ2n) is 4.48. The number of aliphatic hydroxyl groups is 1. The van der Waals surface area contributed by atoms with Gasteiger partial charge in [-0.1, -0.05) is 60.7 Å². The number of carbonyl (C=O) groups excluding carboxylic acids is 2. The summed E-state index contributed by atoms with van der Waals surface area (Å²) in [6, 6.07) is 16.8. The molecular weight excluding hydrogens is 270 g/mol. The summed E-state index contributed by atoms with van der Waals surface area (Å²) in [5.74, 6) is -1.73. The first-order chi connectivity index (χ1) is 10.0. The number of hydrogen-bond acceptors (Lipinski definition) is 4. The van der Waals surface area contributed by atoms with Crippen molar-refractivity contribution in [2.45, 2.75) is 5.60 Å². The van der Waals surface area contributed by atoms with Crippen molar-refractivity contribution >= 4 is 11.9 Å². The number of ether oxygens (including phenoxy) is 1. The van der Waals surface area contributed by atoms with Crippen LogP contribution in [-0.2, 0) is 19.9 Å². The van der Waals surface area contributed by atoms with E-state index in [1.165, 1.54) is 0 Å². The summed E-state index contributed by atoms with van der Waals surface area (Å²) < 4.78 is 4.81. The summed E-state index contributed by atoms with van der Waals surface area (Å²) in [6.07, 6.45) is 0. The van der Waals surface area contributed by atoms with E-state index in [9.17, 15) is 14.7 Å². The molecule has 2 aromatic rings. The van der Waals surface area contributed by atoms with E-state index in [1.807, 2.05) is 0 Å². The second-order valence-corrected chi connectivity index (χ2v) is 4.48. The minimum Gasteiger partial charge on any atom is -0.453 e. The molecule has 0 aliphatic rings. The second kappa shape index (κ2) is 6.19. The molecule has 0 radical (unpaired) electrons. The van der Waals surface area contributed by atoms with Gasteiger partial charge in [0.1, 0.15) is 0 Å². The third-order valence-electron chi connectivity index (χ3n) is 3.02. The van der Waals surface area contributed by atoms with Gasteiger partial charge in [-0.15, -0.1) is 0 Å². The van der Waals surface area contributed by atoms with Crippen LogP contribution in [0.1, 0.15) is 11.1 Å². The van der Waals surface area contributed by atoms with Crippen LogP contribution in [0.15, 0.2) is 60.7 Å². The molecular formula is C16H15NO4. The Balaban J connectivity index is 2.45. The van der Waals surface area contributed by atoms with Crippen molar-refractivity contribution in [3.05, 3.63) is 71.8 Å². The number of amides is 1. The number of primary amides is 1. The van der Waals surface area contributed by atoms with E-state index in [2.05, 4.69) is 0 Å². The maximum atomic E-state index is 12.3. The SMILES string of the molecule is NC(=O)COC(=O)C(O)(c1ccccc1)c1ccccc1. The van der Waals surface area contributed by atoms with Crippen LogP contribution in [0.3, 0.4) is 0 Å². The maximum Gasteiger partial charge on any atom is 0.348 e. The van der Waals surface area contributed by atoms with E-state index in [0.29, 0.717) is 11.1 Å². The Morgan fingerprint density at radius 3 is 1.76 bits per heavy atom. The topological polar surface area (TPSA) is 89.6 Å². The number of hydrogen-bond donors (Lipinski definition) is 2. The lowest BCUT2D eigenvalue weighted by Gasteiger charge is -2.26. The molecule has 0 spiro atoms. The van der Waals surface area contributed by atoms with Crippen molar-refractivity contribution in [1.29, 1.82) is 0 Å². The largest absolute Gasteiger partial charge is 0.453 e. The van der Waals surface area contributed by atoms with Gasteiger partial charge in [0, 0.05) is 0 Å². The van der Waals surface area contributed by atoms with Gasteiger partial charge in [-0.3, -0.25) is 4.79 Å². The van der Waals surface area contributed by atoms with Gasteiger partial charge in [-0.2, -0.15) is 0 Å². The first kappa shape index (κ1) is 14.7. The molecule has 0 aliphatic heterocycles. The molecule has 0 saturated carbocycles. The highest BCUT2D eigenvalue weighted by atomic mass is 16.6. The molecule has 0 unspecified atom stereocenters. The number of carbonyl (C=O) groups is 2. The van der Waals surface area contributed by atoms with Crippen molar-refractivity contribution in [2.75, 3.05) is 6.61 Å². The van der Waals surface area contributed by atoms with Crippen molar-refractivity contribution in [3.8, 4) is 0 Å². The molecule has 108 valence electrons. The average Bonchev–Trinajstić information content (AvgIpc) is 2.53. The minimum absolute atomic E-state index is 0.352. The van der Waals surface area contributed by atoms with E-state index < -0.39 is 24.1 Å². The van der Waals surface area contributed by atoms with E-state index in [0.717, 1.165) is 0 Å². The quantitative estimate of drug-likeness (QED) is 0.800. The predicted molar refractivity (Wildman–Crippen MR) is 76.0 cm³/mol. The van der Waals surface area contributed by atoms with Crippen LogP contribution in [-0.4, -0.2) is 23.6 Å². The summed E-state index contributed by atoms with van der Waals surface area (Å²) >= 11 is 0. The fraction of sp³-hybridized carbons (Fsp3) is 0.125. The summed E-state index contributed by atoms with van der Waals surface area (Å²) in [5, 5.41) is 10.9. The van der Waals surface area contributed by atoms with Crippen LogP contribution in [0.4, 0.5) is 0 Å². The van der Waals surface area contributed by atoms with Gasteiger partial charge >= 0.3 is 5.97 Å². The van der Waals surface area contributed by atoms with Crippen molar-refractivity contribution < 1.29 is 19.4 Å². The van der Waals surface area contributed by atoms with Crippen LogP contribution in [0.5, 0.6) is 0 Å². The number of rotatable bonds is 5. The third-order valence-corrected chi connectivity index (χ3v) is 3.02. The molecule has 5 nitrogen and oxygen atoms in total. The molecule has 0 heterocycles. The lowest BCUT2D eigenvalue weighted by atomic mass is 9.86. The Hall–Kier alpha value is -2.66. The molecule has 5 heteroatoms. The standard InChI is InChI=1S/C16H15NO4/c17-14(18)11-21-15(19)16(20,12-7-3-1-4-8-12)13-9-5-2-6-10-13/h1-10,20H,11H2,(H2,17,18). The van der Waals surface area contributed by atoms with Crippen LogP contribution in [0.25, 0.3) is 0 Å². The van der Waals surface area contributed by atoms with Crippen LogP contribution >= 0.6 is 0 Å². The molecule has 0 aromatic heterocycles. The van der Waals surface area contributed by atoms with Crippen LogP contribution in [0.2, 0.25) is 0 Å². The van der Waals surface area contributed by atoms with Crippen LogP contribution < -0.4 is 5.73 Å². The highest BCUT2D eigenvalue weighted by Crippen LogP contribution is 2.30. The highest BCUT2D eigenvalue weighted by Gasteiger charge is 2.41. The van der Waals surface area contributed by atoms with Gasteiger partial charge in [0.2, 0.25) is 5.60 Å². The van der Waals surface area contributed by atoms with Gasteiger partial charge in [0.05, 0.1) is 0 Å². The Morgan fingerprint density at radius 1 is 0.952 bits per heavy atom. The van der Waals surface area contributed by atoms with E-state index in [-0.39, 0.29) is 0 Å². The zero-order valence-electron chi connectivity index (χ0n) is 11.2. The van der Waals surface area contributed by atoms with Gasteiger partial charge in [0.25, 0.3) is 5.91 Å². The number of nitrogens with two attached hydrogens (primary N) is 1. The van der Waals surface area contributed by atoms with Gasteiger partial charge < -0.3 is 15.6 Å². The monoisotopic (exact) mass is 285 g/mol. The fourth-order valence-corrected chi connectivity index (χ4v) is 2.00.